The first-order valence-corrected chi connectivity index (χ1v) is 6.40. The minimum absolute atomic E-state index is 0.0274. The molecule has 1 unspecified atom stereocenters. The third-order valence-corrected chi connectivity index (χ3v) is 3.94. The van der Waals surface area contributed by atoms with Crippen molar-refractivity contribution in [1.29, 1.82) is 0 Å². The highest BCUT2D eigenvalue weighted by Crippen LogP contribution is 2.30. The Morgan fingerprint density at radius 2 is 2.38 bits per heavy atom. The van der Waals surface area contributed by atoms with Gasteiger partial charge in [0.25, 0.3) is 0 Å². The van der Waals surface area contributed by atoms with Crippen LogP contribution in [0.15, 0.2) is 12.1 Å². The fourth-order valence-corrected chi connectivity index (χ4v) is 2.89. The molecule has 2 N–H and O–H groups in total. The molecule has 84 valence electrons. The van der Waals surface area contributed by atoms with Gasteiger partial charge in [0.2, 0.25) is 0 Å². The molecule has 1 aliphatic rings. The largest absolute Gasteiger partial charge is 0.310 e. The molecule has 0 amide bonds. The smallest absolute Gasteiger partial charge is 0.191 e. The van der Waals surface area contributed by atoms with Crippen LogP contribution in [0.3, 0.4) is 0 Å². The number of thiophene rings is 1. The van der Waals surface area contributed by atoms with E-state index < -0.39 is 0 Å². The van der Waals surface area contributed by atoms with E-state index in [-0.39, 0.29) is 6.17 Å². The molecule has 0 bridgehead atoms. The topological polar surface area (TPSA) is 56.7 Å². The van der Waals surface area contributed by atoms with Gasteiger partial charge >= 0.3 is 0 Å². The summed E-state index contributed by atoms with van der Waals surface area (Å²) in [5.41, 5.74) is 5.98. The number of rotatable bonds is 1. The van der Waals surface area contributed by atoms with Crippen LogP contribution >= 0.6 is 22.9 Å². The second kappa shape index (κ2) is 3.84. The van der Waals surface area contributed by atoms with Crippen molar-refractivity contribution < 1.29 is 0 Å². The first kappa shape index (κ1) is 10.3. The fourth-order valence-electron chi connectivity index (χ4n) is 1.92. The van der Waals surface area contributed by atoms with Crippen LogP contribution in [-0.2, 0) is 6.42 Å². The maximum Gasteiger partial charge on any atom is 0.191 e. The third-order valence-electron chi connectivity index (χ3n) is 2.71. The lowest BCUT2D eigenvalue weighted by Gasteiger charge is -2.18. The fraction of sp³-hybridized carbons (Fsp3) is 0.400. The molecule has 6 heteroatoms. The van der Waals surface area contributed by atoms with Gasteiger partial charge in [0, 0.05) is 6.42 Å². The molecule has 0 radical (unpaired) electrons. The molecule has 0 aliphatic carbocycles. The minimum atomic E-state index is -0.0274. The number of halogens is 1. The van der Waals surface area contributed by atoms with Crippen molar-refractivity contribution in [1.82, 2.24) is 14.8 Å². The monoisotopic (exact) mass is 254 g/mol. The van der Waals surface area contributed by atoms with Crippen LogP contribution in [0.4, 0.5) is 0 Å². The van der Waals surface area contributed by atoms with Crippen LogP contribution in [-0.4, -0.2) is 14.8 Å². The number of hydrogen-bond acceptors (Lipinski definition) is 4. The molecule has 1 atom stereocenters. The highest BCUT2D eigenvalue weighted by molar-refractivity contribution is 7.19. The van der Waals surface area contributed by atoms with Crippen molar-refractivity contribution in [2.45, 2.75) is 25.4 Å². The summed E-state index contributed by atoms with van der Waals surface area (Å²) in [6.07, 6.45) is 2.99. The van der Waals surface area contributed by atoms with Gasteiger partial charge in [-0.2, -0.15) is 0 Å². The standard InChI is InChI=1S/C10H11ClN4S/c11-7-5-4-6(16-7)10-13-9-3-1-2-8(12)15(9)14-10/h4-5,8H,1-3,12H2. The zero-order chi connectivity index (χ0) is 11.1. The van der Waals surface area contributed by atoms with Crippen LogP contribution < -0.4 is 5.73 Å². The Bertz CT molecular complexity index is 519. The highest BCUT2D eigenvalue weighted by Gasteiger charge is 2.21. The lowest BCUT2D eigenvalue weighted by Crippen LogP contribution is -2.25. The van der Waals surface area contributed by atoms with Crippen LogP contribution in [0.25, 0.3) is 10.7 Å². The SMILES string of the molecule is NC1CCCc2nc(-c3ccc(Cl)s3)nn21. The molecule has 2 aromatic heterocycles. The number of nitrogens with zero attached hydrogens (tertiary/aromatic N) is 3. The zero-order valence-corrected chi connectivity index (χ0v) is 10.1. The van der Waals surface area contributed by atoms with E-state index in [9.17, 15) is 0 Å². The molecule has 0 fully saturated rings. The van der Waals surface area contributed by atoms with Crippen LogP contribution in [0, 0.1) is 0 Å². The van der Waals surface area contributed by atoms with E-state index in [2.05, 4.69) is 10.1 Å². The first-order chi connectivity index (χ1) is 7.74. The Kier molecular flexibility index (Phi) is 2.46. The van der Waals surface area contributed by atoms with E-state index in [0.717, 1.165) is 40.1 Å². The van der Waals surface area contributed by atoms with Gasteiger partial charge in [0.05, 0.1) is 9.21 Å². The molecule has 0 spiro atoms. The van der Waals surface area contributed by atoms with Gasteiger partial charge in [0.1, 0.15) is 12.0 Å². The highest BCUT2D eigenvalue weighted by atomic mass is 35.5. The molecule has 0 aromatic carbocycles. The van der Waals surface area contributed by atoms with E-state index >= 15 is 0 Å². The van der Waals surface area contributed by atoms with E-state index in [0.29, 0.717) is 0 Å². The minimum Gasteiger partial charge on any atom is -0.310 e. The molecule has 1 aliphatic heterocycles. The van der Waals surface area contributed by atoms with Gasteiger partial charge in [-0.05, 0) is 25.0 Å². The molecule has 16 heavy (non-hydrogen) atoms. The van der Waals surface area contributed by atoms with E-state index in [1.54, 1.807) is 0 Å². The van der Waals surface area contributed by atoms with Gasteiger partial charge in [-0.1, -0.05) is 11.6 Å². The summed E-state index contributed by atoms with van der Waals surface area (Å²) in [4.78, 5) is 5.51. The molecule has 0 saturated carbocycles. The summed E-state index contributed by atoms with van der Waals surface area (Å²) in [7, 11) is 0. The van der Waals surface area contributed by atoms with Gasteiger partial charge < -0.3 is 5.73 Å². The number of nitrogens with two attached hydrogens (primary N) is 1. The van der Waals surface area contributed by atoms with E-state index in [4.69, 9.17) is 17.3 Å². The Morgan fingerprint density at radius 1 is 1.50 bits per heavy atom. The summed E-state index contributed by atoms with van der Waals surface area (Å²) in [5, 5.41) is 4.45. The Labute approximate surface area is 102 Å². The van der Waals surface area contributed by atoms with Gasteiger partial charge in [-0.3, -0.25) is 0 Å². The average molecular weight is 255 g/mol. The molecule has 2 aromatic rings. The predicted octanol–water partition coefficient (Wildman–Crippen LogP) is 2.45. The first-order valence-electron chi connectivity index (χ1n) is 5.21. The number of aromatic nitrogens is 3. The summed E-state index contributed by atoms with van der Waals surface area (Å²) < 4.78 is 2.60. The maximum absolute atomic E-state index is 5.98. The third kappa shape index (κ3) is 1.65. The molecule has 3 heterocycles. The van der Waals surface area contributed by atoms with Gasteiger partial charge in [0.15, 0.2) is 5.82 Å². The van der Waals surface area contributed by atoms with E-state index in [1.165, 1.54) is 11.3 Å². The maximum atomic E-state index is 5.98. The second-order valence-electron chi connectivity index (χ2n) is 3.86. The number of fused-ring (bicyclic) bond motifs is 1. The van der Waals surface area contributed by atoms with Crippen molar-refractivity contribution in [2.75, 3.05) is 0 Å². The average Bonchev–Trinajstić information content (AvgIpc) is 2.84. The predicted molar refractivity (Wildman–Crippen MR) is 64.5 cm³/mol. The quantitative estimate of drug-likeness (QED) is 0.851. The van der Waals surface area contributed by atoms with E-state index in [1.807, 2.05) is 16.8 Å². The molecular weight excluding hydrogens is 244 g/mol. The van der Waals surface area contributed by atoms with Crippen LogP contribution in [0.5, 0.6) is 0 Å². The van der Waals surface area contributed by atoms with Crippen molar-refractivity contribution in [3.8, 4) is 10.7 Å². The number of hydrogen-bond donors (Lipinski definition) is 1. The lowest BCUT2D eigenvalue weighted by molar-refractivity contribution is 0.373. The van der Waals surface area contributed by atoms with Gasteiger partial charge in [-0.15, -0.1) is 16.4 Å². The summed E-state index contributed by atoms with van der Waals surface area (Å²) in [5.74, 6) is 1.72. The Balaban J connectivity index is 2.04. The lowest BCUT2D eigenvalue weighted by atomic mass is 10.1. The molecule has 0 saturated heterocycles. The number of aryl methyl sites for hydroxylation is 1. The summed E-state index contributed by atoms with van der Waals surface area (Å²) >= 11 is 7.39. The molecule has 4 nitrogen and oxygen atoms in total. The van der Waals surface area contributed by atoms with Crippen molar-refractivity contribution >= 4 is 22.9 Å². The normalized spacial score (nSPS) is 19.8. The van der Waals surface area contributed by atoms with Crippen LogP contribution in [0.2, 0.25) is 4.34 Å². The Hall–Kier alpha value is -0.910. The molecule has 3 rings (SSSR count). The second-order valence-corrected chi connectivity index (χ2v) is 5.57. The van der Waals surface area contributed by atoms with Crippen molar-refractivity contribution in [3.63, 3.8) is 0 Å². The summed E-state index contributed by atoms with van der Waals surface area (Å²) in [6.45, 7) is 0. The molecular formula is C10H11ClN4S. The van der Waals surface area contributed by atoms with Crippen molar-refractivity contribution in [2.24, 2.45) is 5.73 Å². The van der Waals surface area contributed by atoms with Crippen LogP contribution in [0.1, 0.15) is 24.8 Å². The van der Waals surface area contributed by atoms with Gasteiger partial charge in [-0.25, -0.2) is 9.67 Å². The van der Waals surface area contributed by atoms with Crippen molar-refractivity contribution in [3.05, 3.63) is 22.3 Å². The zero-order valence-electron chi connectivity index (χ0n) is 8.56. The Morgan fingerprint density at radius 3 is 3.06 bits per heavy atom. The summed E-state index contributed by atoms with van der Waals surface area (Å²) in [6, 6.07) is 3.81.